The molecule has 1 atom stereocenters. The Hall–Kier alpha value is -0.300. The minimum Gasteiger partial charge on any atom is -0.314 e. The number of hydrogen-bond acceptors (Lipinski definition) is 1. The second-order valence-electron chi connectivity index (χ2n) is 2.46. The molecule has 1 unspecified atom stereocenters. The number of nitrogens with one attached hydrogen (secondary N) is 1. The van der Waals surface area contributed by atoms with Crippen LogP contribution in [-0.2, 0) is 0 Å². The van der Waals surface area contributed by atoms with E-state index in [0.717, 1.165) is 6.42 Å². The van der Waals surface area contributed by atoms with E-state index in [4.69, 9.17) is 0 Å². The zero-order chi connectivity index (χ0) is 6.53. The maximum Gasteiger partial charge on any atom is 0.0102 e. The first-order valence-corrected chi connectivity index (χ1v) is 3.61. The summed E-state index contributed by atoms with van der Waals surface area (Å²) in [6.45, 7) is 4.86. The summed E-state index contributed by atoms with van der Waals surface area (Å²) in [4.78, 5) is 0. The molecule has 1 N–H and O–H groups in total. The van der Waals surface area contributed by atoms with Crippen LogP contribution in [0, 0.1) is 6.42 Å². The van der Waals surface area contributed by atoms with Crippen LogP contribution in [0.2, 0.25) is 0 Å². The molecule has 1 fully saturated rings. The van der Waals surface area contributed by atoms with Crippen molar-refractivity contribution in [3.63, 3.8) is 0 Å². The summed E-state index contributed by atoms with van der Waals surface area (Å²) >= 11 is 0. The largest absolute Gasteiger partial charge is 0.314 e. The maximum atomic E-state index is 3.66. The molecule has 9 heavy (non-hydrogen) atoms. The average molecular weight is 124 g/mol. The van der Waals surface area contributed by atoms with Gasteiger partial charge < -0.3 is 5.32 Å². The van der Waals surface area contributed by atoms with Crippen molar-refractivity contribution in [3.05, 3.63) is 19.1 Å². The molecule has 1 radical (unpaired) electrons. The predicted octanol–water partition coefficient (Wildman–Crippen LogP) is 1.52. The number of rotatable bonds is 3. The van der Waals surface area contributed by atoms with Crippen molar-refractivity contribution < 1.29 is 0 Å². The minimum atomic E-state index is 0.669. The topological polar surface area (TPSA) is 12.0 Å². The van der Waals surface area contributed by atoms with E-state index in [0.29, 0.717) is 6.04 Å². The van der Waals surface area contributed by atoms with Crippen LogP contribution in [0.25, 0.3) is 0 Å². The summed E-state index contributed by atoms with van der Waals surface area (Å²) in [5.74, 6) is 0. The van der Waals surface area contributed by atoms with E-state index < -0.39 is 0 Å². The quantitative estimate of drug-likeness (QED) is 0.562. The number of hydrogen-bond donors (Lipinski definition) is 1. The summed E-state index contributed by atoms with van der Waals surface area (Å²) < 4.78 is 0. The summed E-state index contributed by atoms with van der Waals surface area (Å²) in [7, 11) is 0. The Morgan fingerprint density at radius 3 is 3.11 bits per heavy atom. The molecule has 0 amide bonds. The fourth-order valence-electron chi connectivity index (χ4n) is 1.17. The van der Waals surface area contributed by atoms with E-state index in [1.54, 1.807) is 0 Å². The SMILES string of the molecule is C=CC[CH]C1CCCN1. The van der Waals surface area contributed by atoms with Crippen molar-refractivity contribution in [1.29, 1.82) is 0 Å². The summed E-state index contributed by atoms with van der Waals surface area (Å²) in [6, 6.07) is 0.669. The smallest absolute Gasteiger partial charge is 0.0102 e. The molecule has 1 rings (SSSR count). The second-order valence-corrected chi connectivity index (χ2v) is 2.46. The van der Waals surface area contributed by atoms with Crippen LogP contribution in [0.1, 0.15) is 19.3 Å². The van der Waals surface area contributed by atoms with E-state index >= 15 is 0 Å². The highest BCUT2D eigenvalue weighted by atomic mass is 14.9. The van der Waals surface area contributed by atoms with Crippen molar-refractivity contribution in [2.75, 3.05) is 6.54 Å². The van der Waals surface area contributed by atoms with Crippen LogP contribution >= 0.6 is 0 Å². The van der Waals surface area contributed by atoms with Crippen molar-refractivity contribution >= 4 is 0 Å². The number of allylic oxidation sites excluding steroid dienone is 1. The fourth-order valence-corrected chi connectivity index (χ4v) is 1.17. The van der Waals surface area contributed by atoms with Gasteiger partial charge >= 0.3 is 0 Å². The lowest BCUT2D eigenvalue weighted by molar-refractivity contribution is 0.670. The Balaban J connectivity index is 2.04. The lowest BCUT2D eigenvalue weighted by atomic mass is 10.1. The lowest BCUT2D eigenvalue weighted by Gasteiger charge is -2.05. The highest BCUT2D eigenvalue weighted by Gasteiger charge is 2.11. The first-order chi connectivity index (χ1) is 4.43. The molecule has 0 spiro atoms. The third-order valence-corrected chi connectivity index (χ3v) is 1.69. The molecule has 1 nitrogen and oxygen atoms in total. The fraction of sp³-hybridized carbons (Fsp3) is 0.625. The van der Waals surface area contributed by atoms with Gasteiger partial charge in [-0.15, -0.1) is 6.58 Å². The van der Waals surface area contributed by atoms with Crippen molar-refractivity contribution in [1.82, 2.24) is 5.32 Å². The first-order valence-electron chi connectivity index (χ1n) is 3.61. The molecule has 0 aromatic carbocycles. The van der Waals surface area contributed by atoms with Crippen LogP contribution in [-0.4, -0.2) is 12.6 Å². The van der Waals surface area contributed by atoms with Crippen LogP contribution in [0.4, 0.5) is 0 Å². The van der Waals surface area contributed by atoms with Crippen LogP contribution in [0.3, 0.4) is 0 Å². The monoisotopic (exact) mass is 124 g/mol. The van der Waals surface area contributed by atoms with Crippen LogP contribution in [0.5, 0.6) is 0 Å². The molecule has 0 bridgehead atoms. The first kappa shape index (κ1) is 6.81. The van der Waals surface area contributed by atoms with Gasteiger partial charge in [0.05, 0.1) is 0 Å². The van der Waals surface area contributed by atoms with E-state index in [-0.39, 0.29) is 0 Å². The average Bonchev–Trinajstić information content (AvgIpc) is 2.34. The molecule has 1 aliphatic rings. The van der Waals surface area contributed by atoms with Crippen LogP contribution in [0.15, 0.2) is 12.7 Å². The zero-order valence-corrected chi connectivity index (χ0v) is 5.77. The molecular formula is C8H14N. The molecule has 1 aliphatic heterocycles. The summed E-state index contributed by atoms with van der Waals surface area (Å²) in [5, 5.41) is 3.39. The lowest BCUT2D eigenvalue weighted by Crippen LogP contribution is -2.21. The Morgan fingerprint density at radius 1 is 1.67 bits per heavy atom. The molecule has 1 saturated heterocycles. The molecule has 0 saturated carbocycles. The van der Waals surface area contributed by atoms with Crippen molar-refractivity contribution in [2.24, 2.45) is 0 Å². The van der Waals surface area contributed by atoms with Gasteiger partial charge in [-0.25, -0.2) is 0 Å². The Morgan fingerprint density at radius 2 is 2.56 bits per heavy atom. The van der Waals surface area contributed by atoms with Gasteiger partial charge in [0.25, 0.3) is 0 Å². The Kier molecular flexibility index (Phi) is 2.78. The van der Waals surface area contributed by atoms with Gasteiger partial charge in [0.1, 0.15) is 0 Å². The normalized spacial score (nSPS) is 26.4. The van der Waals surface area contributed by atoms with E-state index in [1.807, 2.05) is 6.08 Å². The van der Waals surface area contributed by atoms with Gasteiger partial charge in [-0.05, 0) is 32.2 Å². The Bertz CT molecular complexity index is 82.6. The molecule has 51 valence electrons. The van der Waals surface area contributed by atoms with Crippen molar-refractivity contribution in [3.8, 4) is 0 Å². The third-order valence-electron chi connectivity index (χ3n) is 1.69. The standard InChI is InChI=1S/C8H14N/c1-2-3-5-8-6-4-7-9-8/h2,5,8-9H,1,3-4,6-7H2. The van der Waals surface area contributed by atoms with Gasteiger partial charge in [0.15, 0.2) is 0 Å². The molecule has 1 heterocycles. The highest BCUT2D eigenvalue weighted by molar-refractivity contribution is 4.91. The zero-order valence-electron chi connectivity index (χ0n) is 5.77. The molecular weight excluding hydrogens is 110 g/mol. The van der Waals surface area contributed by atoms with Gasteiger partial charge in [0, 0.05) is 6.04 Å². The molecule has 0 aromatic rings. The predicted molar refractivity (Wildman–Crippen MR) is 40.1 cm³/mol. The molecule has 0 aromatic heterocycles. The van der Waals surface area contributed by atoms with Crippen molar-refractivity contribution in [2.45, 2.75) is 25.3 Å². The van der Waals surface area contributed by atoms with Gasteiger partial charge in [-0.1, -0.05) is 6.08 Å². The Labute approximate surface area is 57.1 Å². The van der Waals surface area contributed by atoms with E-state index in [9.17, 15) is 0 Å². The van der Waals surface area contributed by atoms with Gasteiger partial charge in [0.2, 0.25) is 0 Å². The summed E-state index contributed by atoms with van der Waals surface area (Å²) in [5.41, 5.74) is 0. The molecule has 1 heteroatoms. The van der Waals surface area contributed by atoms with E-state index in [1.165, 1.54) is 19.4 Å². The van der Waals surface area contributed by atoms with Gasteiger partial charge in [-0.3, -0.25) is 0 Å². The second kappa shape index (κ2) is 3.67. The van der Waals surface area contributed by atoms with Gasteiger partial charge in [-0.2, -0.15) is 0 Å². The van der Waals surface area contributed by atoms with Crippen LogP contribution < -0.4 is 5.32 Å². The maximum absolute atomic E-state index is 3.66. The minimum absolute atomic E-state index is 0.669. The van der Waals surface area contributed by atoms with E-state index in [2.05, 4.69) is 18.3 Å². The summed E-state index contributed by atoms with van der Waals surface area (Å²) in [6.07, 6.45) is 7.92. The third kappa shape index (κ3) is 2.19. The highest BCUT2D eigenvalue weighted by Crippen LogP contribution is 2.09. The molecule has 0 aliphatic carbocycles.